The summed E-state index contributed by atoms with van der Waals surface area (Å²) in [5, 5.41) is 11.3. The van der Waals surface area contributed by atoms with Crippen LogP contribution in [0.5, 0.6) is 0 Å². The van der Waals surface area contributed by atoms with Crippen molar-refractivity contribution in [1.82, 2.24) is 0 Å². The van der Waals surface area contributed by atoms with Gasteiger partial charge in [0.2, 0.25) is 0 Å². The number of benzene rings is 5. The van der Waals surface area contributed by atoms with Crippen molar-refractivity contribution in [2.45, 2.75) is 39.5 Å². The summed E-state index contributed by atoms with van der Waals surface area (Å²) in [4.78, 5) is 0. The standard InChI is InChI=1S/C26H24/c1-3-7-17-13-19-9-5-12-22-24-16-18(8-4-2)14-20-10-6-11-21(26(20)24)23(15-17)25(19)22/h5-6,9-16H,3-4,7-8H2,1-2H3. The Hall–Kier alpha value is -2.60. The SMILES string of the molecule is CCCc1cc2cccc3c4cc(CCC)cc5cccc(c(c1)c23)c54. The first-order valence-corrected chi connectivity index (χ1v) is 9.92. The minimum absolute atomic E-state index is 1.14. The van der Waals surface area contributed by atoms with Gasteiger partial charge in [-0.1, -0.05) is 87.4 Å². The molecule has 0 bridgehead atoms. The second-order valence-electron chi connectivity index (χ2n) is 7.59. The molecule has 0 nitrogen and oxygen atoms in total. The molecule has 0 heteroatoms. The molecule has 26 heavy (non-hydrogen) atoms. The minimum atomic E-state index is 1.14. The van der Waals surface area contributed by atoms with Gasteiger partial charge in [-0.2, -0.15) is 0 Å². The molecule has 0 spiro atoms. The van der Waals surface area contributed by atoms with Crippen LogP contribution in [0.25, 0.3) is 43.1 Å². The Morgan fingerprint density at radius 3 is 1.42 bits per heavy atom. The van der Waals surface area contributed by atoms with E-state index in [0.29, 0.717) is 0 Å². The third-order valence-corrected chi connectivity index (χ3v) is 5.73. The molecule has 0 radical (unpaired) electrons. The molecule has 0 fully saturated rings. The fraction of sp³-hybridized carbons (Fsp3) is 0.231. The van der Waals surface area contributed by atoms with Crippen molar-refractivity contribution < 1.29 is 0 Å². The van der Waals surface area contributed by atoms with E-state index in [1.165, 1.54) is 67.1 Å². The average molecular weight is 336 g/mol. The van der Waals surface area contributed by atoms with Crippen LogP contribution in [0.4, 0.5) is 0 Å². The van der Waals surface area contributed by atoms with E-state index >= 15 is 0 Å². The molecule has 0 saturated heterocycles. The summed E-state index contributed by atoms with van der Waals surface area (Å²) < 4.78 is 0. The molecule has 0 aliphatic carbocycles. The van der Waals surface area contributed by atoms with E-state index < -0.39 is 0 Å². The molecule has 0 N–H and O–H groups in total. The molecular weight excluding hydrogens is 312 g/mol. The van der Waals surface area contributed by atoms with Crippen molar-refractivity contribution in [3.63, 3.8) is 0 Å². The number of hydrogen-bond acceptors (Lipinski definition) is 0. The number of hydrogen-bond donors (Lipinski definition) is 0. The smallest absolute Gasteiger partial charge is 0.00262 e. The van der Waals surface area contributed by atoms with Gasteiger partial charge in [0.05, 0.1) is 0 Å². The summed E-state index contributed by atoms with van der Waals surface area (Å²) in [6.45, 7) is 4.52. The largest absolute Gasteiger partial charge is 0.0651 e. The van der Waals surface area contributed by atoms with Crippen LogP contribution >= 0.6 is 0 Å². The van der Waals surface area contributed by atoms with Crippen molar-refractivity contribution in [3.05, 3.63) is 71.8 Å². The lowest BCUT2D eigenvalue weighted by atomic mass is 9.87. The highest BCUT2D eigenvalue weighted by Gasteiger charge is 2.14. The van der Waals surface area contributed by atoms with Gasteiger partial charge in [0.1, 0.15) is 0 Å². The average Bonchev–Trinajstić information content (AvgIpc) is 2.66. The van der Waals surface area contributed by atoms with Crippen molar-refractivity contribution in [2.75, 3.05) is 0 Å². The van der Waals surface area contributed by atoms with Gasteiger partial charge >= 0.3 is 0 Å². The first-order valence-electron chi connectivity index (χ1n) is 9.92. The summed E-state index contributed by atoms with van der Waals surface area (Å²) in [5.41, 5.74) is 2.91. The van der Waals surface area contributed by atoms with Crippen LogP contribution in [0, 0.1) is 0 Å². The molecular formula is C26H24. The van der Waals surface area contributed by atoms with Gasteiger partial charge in [-0.25, -0.2) is 0 Å². The predicted molar refractivity (Wildman–Crippen MR) is 116 cm³/mol. The molecule has 0 heterocycles. The van der Waals surface area contributed by atoms with E-state index in [9.17, 15) is 0 Å². The normalized spacial score (nSPS) is 12.1. The van der Waals surface area contributed by atoms with Crippen LogP contribution < -0.4 is 0 Å². The molecule has 0 unspecified atom stereocenters. The van der Waals surface area contributed by atoms with Gasteiger partial charge in [-0.05, 0) is 67.1 Å². The lowest BCUT2D eigenvalue weighted by Crippen LogP contribution is -1.92. The van der Waals surface area contributed by atoms with Gasteiger partial charge in [0.15, 0.2) is 0 Å². The highest BCUT2D eigenvalue weighted by molar-refractivity contribution is 6.33. The van der Waals surface area contributed by atoms with Gasteiger partial charge < -0.3 is 0 Å². The highest BCUT2D eigenvalue weighted by Crippen LogP contribution is 2.41. The molecule has 5 aromatic rings. The number of rotatable bonds is 4. The van der Waals surface area contributed by atoms with Crippen LogP contribution in [-0.4, -0.2) is 0 Å². The number of aryl methyl sites for hydroxylation is 2. The van der Waals surface area contributed by atoms with Gasteiger partial charge in [0, 0.05) is 0 Å². The minimum Gasteiger partial charge on any atom is -0.0651 e. The lowest BCUT2D eigenvalue weighted by Gasteiger charge is -2.16. The first kappa shape index (κ1) is 15.6. The molecule has 0 amide bonds. The molecule has 5 aromatic carbocycles. The fourth-order valence-corrected chi connectivity index (χ4v) is 4.72. The Morgan fingerprint density at radius 1 is 0.538 bits per heavy atom. The summed E-state index contributed by atoms with van der Waals surface area (Å²) in [7, 11) is 0. The quantitative estimate of drug-likeness (QED) is 0.233. The van der Waals surface area contributed by atoms with E-state index in [1.54, 1.807) is 0 Å². The number of fused-ring (bicyclic) bond motifs is 2. The Morgan fingerprint density at radius 2 is 1.00 bits per heavy atom. The molecule has 0 aromatic heterocycles. The van der Waals surface area contributed by atoms with E-state index in [-0.39, 0.29) is 0 Å². The maximum Gasteiger partial charge on any atom is -0.00262 e. The van der Waals surface area contributed by atoms with E-state index in [2.05, 4.69) is 74.5 Å². The second-order valence-corrected chi connectivity index (χ2v) is 7.59. The van der Waals surface area contributed by atoms with Crippen LogP contribution in [0.3, 0.4) is 0 Å². The van der Waals surface area contributed by atoms with E-state index in [1.807, 2.05) is 0 Å². The van der Waals surface area contributed by atoms with Crippen molar-refractivity contribution in [3.8, 4) is 0 Å². The van der Waals surface area contributed by atoms with Gasteiger partial charge in [-0.15, -0.1) is 0 Å². The fourth-order valence-electron chi connectivity index (χ4n) is 4.72. The Bertz CT molecular complexity index is 1140. The summed E-state index contributed by atoms with van der Waals surface area (Å²) in [6, 6.07) is 23.3. The molecule has 0 saturated carbocycles. The monoisotopic (exact) mass is 336 g/mol. The Labute approximate surface area is 154 Å². The van der Waals surface area contributed by atoms with Crippen LogP contribution in [0.15, 0.2) is 60.7 Å². The molecule has 128 valence electrons. The zero-order valence-corrected chi connectivity index (χ0v) is 15.6. The summed E-state index contributed by atoms with van der Waals surface area (Å²) in [5.74, 6) is 0. The Balaban J connectivity index is 2.04. The van der Waals surface area contributed by atoms with Crippen LogP contribution in [0.2, 0.25) is 0 Å². The second kappa shape index (κ2) is 5.99. The summed E-state index contributed by atoms with van der Waals surface area (Å²) >= 11 is 0. The van der Waals surface area contributed by atoms with Crippen LogP contribution in [-0.2, 0) is 12.8 Å². The topological polar surface area (TPSA) is 0 Å². The third kappa shape index (κ3) is 2.22. The molecule has 5 rings (SSSR count). The predicted octanol–water partition coefficient (Wildman–Crippen LogP) is 7.64. The van der Waals surface area contributed by atoms with E-state index in [4.69, 9.17) is 0 Å². The van der Waals surface area contributed by atoms with Gasteiger partial charge in [0.25, 0.3) is 0 Å². The molecule has 0 aliphatic rings. The van der Waals surface area contributed by atoms with Crippen molar-refractivity contribution in [2.24, 2.45) is 0 Å². The molecule has 0 atom stereocenters. The molecule has 0 aliphatic heterocycles. The zero-order chi connectivity index (χ0) is 17.7. The third-order valence-electron chi connectivity index (χ3n) is 5.73. The Kier molecular flexibility index (Phi) is 3.60. The summed E-state index contributed by atoms with van der Waals surface area (Å²) in [6.07, 6.45) is 4.66. The van der Waals surface area contributed by atoms with Gasteiger partial charge in [-0.3, -0.25) is 0 Å². The maximum atomic E-state index is 2.44. The maximum absolute atomic E-state index is 2.44. The van der Waals surface area contributed by atoms with E-state index in [0.717, 1.165) is 12.8 Å². The lowest BCUT2D eigenvalue weighted by molar-refractivity contribution is 0.924. The first-order chi connectivity index (χ1) is 12.8. The zero-order valence-electron chi connectivity index (χ0n) is 15.6. The van der Waals surface area contributed by atoms with Crippen molar-refractivity contribution in [1.29, 1.82) is 0 Å². The highest BCUT2D eigenvalue weighted by atomic mass is 14.2. The van der Waals surface area contributed by atoms with Crippen molar-refractivity contribution >= 4 is 43.1 Å². The van der Waals surface area contributed by atoms with Crippen LogP contribution in [0.1, 0.15) is 37.8 Å².